The van der Waals surface area contributed by atoms with Gasteiger partial charge < -0.3 is 24.6 Å². The molecule has 0 unspecified atom stereocenters. The van der Waals surface area contributed by atoms with Gasteiger partial charge in [-0.3, -0.25) is 9.59 Å². The third-order valence-electron chi connectivity index (χ3n) is 4.17. The fraction of sp³-hybridized carbons (Fsp3) is 0.579. The highest BCUT2D eigenvalue weighted by molar-refractivity contribution is 5.92. The van der Waals surface area contributed by atoms with Crippen LogP contribution in [-0.4, -0.2) is 64.3 Å². The molecule has 146 valence electrons. The molecule has 2 amide bonds. The minimum absolute atomic E-state index is 0.00389. The van der Waals surface area contributed by atoms with Crippen molar-refractivity contribution in [1.82, 2.24) is 4.90 Å². The molecule has 1 atom stereocenters. The molecule has 1 aromatic rings. The molecular weight excluding hydrogens is 334 g/mol. The van der Waals surface area contributed by atoms with Crippen molar-refractivity contribution in [1.29, 1.82) is 0 Å². The molecule has 1 N–H and O–H groups in total. The summed E-state index contributed by atoms with van der Waals surface area (Å²) in [4.78, 5) is 28.1. The first-order valence-electron chi connectivity index (χ1n) is 8.71. The number of carbonyl (C=O) groups excluding carboxylic acids is 2. The molecule has 0 aliphatic heterocycles. The Morgan fingerprint density at radius 1 is 1.15 bits per heavy atom. The van der Waals surface area contributed by atoms with E-state index in [4.69, 9.17) is 9.47 Å². The molecule has 0 bridgehead atoms. The Morgan fingerprint density at radius 2 is 1.81 bits per heavy atom. The van der Waals surface area contributed by atoms with Crippen LogP contribution >= 0.6 is 0 Å². The van der Waals surface area contributed by atoms with E-state index >= 15 is 0 Å². The van der Waals surface area contributed by atoms with E-state index in [2.05, 4.69) is 5.32 Å². The van der Waals surface area contributed by atoms with E-state index in [1.54, 1.807) is 0 Å². The molecule has 26 heavy (non-hydrogen) atoms. The summed E-state index contributed by atoms with van der Waals surface area (Å²) in [6.45, 7) is 4.56. The average Bonchev–Trinajstić information content (AvgIpc) is 2.59. The Balaban J connectivity index is 3.15. The van der Waals surface area contributed by atoms with Gasteiger partial charge in [0.25, 0.3) is 0 Å². The monoisotopic (exact) mass is 365 g/mol. The Morgan fingerprint density at radius 3 is 2.35 bits per heavy atom. The number of methoxy groups -OCH3 is 2. The molecule has 0 fully saturated rings. The van der Waals surface area contributed by atoms with Crippen molar-refractivity contribution in [2.75, 3.05) is 51.7 Å². The highest BCUT2D eigenvalue weighted by Crippen LogP contribution is 2.25. The number of amides is 2. The standard InChI is InChI=1S/C19H31N3O4/c1-7-14(2)22(19(24)13-26-6)11-15-10-16(20-18(23)12-25-5)8-9-17(15)21(3)4/h8-10,14H,7,11-13H2,1-6H3,(H,20,23)/t14-/m1/s1. The van der Waals surface area contributed by atoms with Gasteiger partial charge in [-0.2, -0.15) is 0 Å². The van der Waals surface area contributed by atoms with Crippen LogP contribution in [0.2, 0.25) is 0 Å². The van der Waals surface area contributed by atoms with Crippen LogP contribution in [0.5, 0.6) is 0 Å². The van der Waals surface area contributed by atoms with E-state index in [0.717, 1.165) is 17.7 Å². The van der Waals surface area contributed by atoms with Gasteiger partial charge in [0, 0.05) is 52.3 Å². The molecule has 0 aliphatic carbocycles. The lowest BCUT2D eigenvalue weighted by Crippen LogP contribution is -2.40. The van der Waals surface area contributed by atoms with E-state index in [-0.39, 0.29) is 31.1 Å². The van der Waals surface area contributed by atoms with Crippen molar-refractivity contribution < 1.29 is 19.1 Å². The van der Waals surface area contributed by atoms with E-state index in [1.807, 2.05) is 55.9 Å². The molecule has 0 saturated carbocycles. The molecule has 0 aromatic heterocycles. The summed E-state index contributed by atoms with van der Waals surface area (Å²) in [5.41, 5.74) is 2.62. The first-order chi connectivity index (χ1) is 12.3. The molecule has 0 heterocycles. The van der Waals surface area contributed by atoms with Gasteiger partial charge in [-0.1, -0.05) is 6.92 Å². The van der Waals surface area contributed by atoms with Crippen LogP contribution in [0.1, 0.15) is 25.8 Å². The first-order valence-corrected chi connectivity index (χ1v) is 8.71. The fourth-order valence-corrected chi connectivity index (χ4v) is 2.65. The Labute approximate surface area is 156 Å². The van der Waals surface area contributed by atoms with Gasteiger partial charge in [0.2, 0.25) is 11.8 Å². The maximum absolute atomic E-state index is 12.5. The zero-order chi connectivity index (χ0) is 19.7. The number of hydrogen-bond donors (Lipinski definition) is 1. The minimum Gasteiger partial charge on any atom is -0.377 e. The third kappa shape index (κ3) is 6.31. The van der Waals surface area contributed by atoms with Gasteiger partial charge in [-0.25, -0.2) is 0 Å². The number of benzene rings is 1. The second-order valence-electron chi connectivity index (χ2n) is 6.43. The van der Waals surface area contributed by atoms with Crippen LogP contribution < -0.4 is 10.2 Å². The zero-order valence-electron chi connectivity index (χ0n) is 16.7. The SMILES string of the molecule is CC[C@@H](C)N(Cc1cc(NC(=O)COC)ccc1N(C)C)C(=O)COC. The van der Waals surface area contributed by atoms with Gasteiger partial charge in [0.1, 0.15) is 13.2 Å². The topological polar surface area (TPSA) is 71.1 Å². The predicted octanol–water partition coefficient (Wildman–Crippen LogP) is 2.11. The second kappa shape index (κ2) is 10.8. The van der Waals surface area contributed by atoms with Crippen LogP contribution in [0.25, 0.3) is 0 Å². The van der Waals surface area contributed by atoms with Crippen molar-refractivity contribution in [3.05, 3.63) is 23.8 Å². The predicted molar refractivity (Wildman–Crippen MR) is 103 cm³/mol. The van der Waals surface area contributed by atoms with Gasteiger partial charge in [-0.15, -0.1) is 0 Å². The van der Waals surface area contributed by atoms with Crippen LogP contribution in [0.4, 0.5) is 11.4 Å². The normalized spacial score (nSPS) is 11.8. The molecule has 0 spiro atoms. The smallest absolute Gasteiger partial charge is 0.250 e. The van der Waals surface area contributed by atoms with Gasteiger partial charge in [-0.05, 0) is 37.1 Å². The second-order valence-corrected chi connectivity index (χ2v) is 6.43. The number of anilines is 2. The number of nitrogens with one attached hydrogen (secondary N) is 1. The van der Waals surface area contributed by atoms with Crippen molar-refractivity contribution in [2.45, 2.75) is 32.9 Å². The van der Waals surface area contributed by atoms with Gasteiger partial charge in [0.15, 0.2) is 0 Å². The summed E-state index contributed by atoms with van der Waals surface area (Å²) >= 11 is 0. The van der Waals surface area contributed by atoms with Crippen molar-refractivity contribution >= 4 is 23.2 Å². The van der Waals surface area contributed by atoms with Gasteiger partial charge in [0.05, 0.1) is 0 Å². The molecule has 7 nitrogen and oxygen atoms in total. The lowest BCUT2D eigenvalue weighted by Gasteiger charge is -2.30. The van der Waals surface area contributed by atoms with Crippen LogP contribution in [0.15, 0.2) is 18.2 Å². The van der Waals surface area contributed by atoms with E-state index in [0.29, 0.717) is 12.2 Å². The quantitative estimate of drug-likeness (QED) is 0.688. The van der Waals surface area contributed by atoms with Crippen molar-refractivity contribution in [2.24, 2.45) is 0 Å². The fourth-order valence-electron chi connectivity index (χ4n) is 2.65. The molecule has 7 heteroatoms. The van der Waals surface area contributed by atoms with E-state index in [9.17, 15) is 9.59 Å². The number of hydrogen-bond acceptors (Lipinski definition) is 5. The summed E-state index contributed by atoms with van der Waals surface area (Å²) in [6, 6.07) is 5.77. The van der Waals surface area contributed by atoms with Crippen molar-refractivity contribution in [3.63, 3.8) is 0 Å². The lowest BCUT2D eigenvalue weighted by molar-refractivity contribution is -0.138. The number of nitrogens with zero attached hydrogens (tertiary/aromatic N) is 2. The maximum atomic E-state index is 12.5. The zero-order valence-corrected chi connectivity index (χ0v) is 16.7. The van der Waals surface area contributed by atoms with Gasteiger partial charge >= 0.3 is 0 Å². The molecule has 1 rings (SSSR count). The molecule has 0 radical (unpaired) electrons. The third-order valence-corrected chi connectivity index (χ3v) is 4.17. The average molecular weight is 365 g/mol. The number of rotatable bonds is 10. The number of carbonyl (C=O) groups is 2. The summed E-state index contributed by atoms with van der Waals surface area (Å²) in [7, 11) is 6.90. The summed E-state index contributed by atoms with van der Waals surface area (Å²) in [5, 5.41) is 2.81. The minimum atomic E-state index is -0.217. The molecule has 0 saturated heterocycles. The van der Waals surface area contributed by atoms with Crippen LogP contribution in [0, 0.1) is 0 Å². The molecule has 0 aliphatic rings. The van der Waals surface area contributed by atoms with E-state index in [1.165, 1.54) is 14.2 Å². The first kappa shape index (κ1) is 21.9. The Kier molecular flexibility index (Phi) is 9.09. The molecule has 1 aromatic carbocycles. The van der Waals surface area contributed by atoms with Crippen LogP contribution in [-0.2, 0) is 25.6 Å². The Bertz CT molecular complexity index is 604. The van der Waals surface area contributed by atoms with Crippen LogP contribution in [0.3, 0.4) is 0 Å². The lowest BCUT2D eigenvalue weighted by atomic mass is 10.1. The largest absolute Gasteiger partial charge is 0.377 e. The summed E-state index contributed by atoms with van der Waals surface area (Å²) < 4.78 is 9.88. The number of ether oxygens (including phenoxy) is 2. The van der Waals surface area contributed by atoms with E-state index < -0.39 is 0 Å². The highest BCUT2D eigenvalue weighted by atomic mass is 16.5. The highest BCUT2D eigenvalue weighted by Gasteiger charge is 2.21. The summed E-state index contributed by atoms with van der Waals surface area (Å²) in [5.74, 6) is -0.273. The Hall–Kier alpha value is -2.12. The summed E-state index contributed by atoms with van der Waals surface area (Å²) in [6.07, 6.45) is 0.844. The van der Waals surface area contributed by atoms with Crippen molar-refractivity contribution in [3.8, 4) is 0 Å². The molecular formula is C19H31N3O4. The maximum Gasteiger partial charge on any atom is 0.250 e.